The maximum absolute atomic E-state index is 11.6. The summed E-state index contributed by atoms with van der Waals surface area (Å²) in [4.78, 5) is 0. The van der Waals surface area contributed by atoms with Gasteiger partial charge < -0.3 is 4.36 Å². The fraction of sp³-hybridized carbons (Fsp3) is 0.250. The standard InChI is InChI=1S/C12H10.C4H7F3NO2S2/c1-3-7-11(8-4-1)12-9-5-2-6-10-12;1-2-3-11(12(9)10)8-4(5,6)7/h1-10H;2-3H2,1H3/q;-1. The second-order valence-electron chi connectivity index (χ2n) is 4.52. The Labute approximate surface area is 142 Å². The van der Waals surface area contributed by atoms with Crippen molar-refractivity contribution in [3.63, 3.8) is 0 Å². The van der Waals surface area contributed by atoms with Crippen molar-refractivity contribution >= 4 is 18.5 Å². The van der Waals surface area contributed by atoms with Crippen molar-refractivity contribution in [3.8, 4) is 11.1 Å². The first-order valence-corrected chi connectivity index (χ1v) is 9.98. The minimum Gasteiger partial charge on any atom is -0.326 e. The number of rotatable bonds is 3. The van der Waals surface area contributed by atoms with Crippen molar-refractivity contribution in [2.24, 2.45) is 4.36 Å². The van der Waals surface area contributed by atoms with E-state index >= 15 is 0 Å². The maximum Gasteiger partial charge on any atom is 0.478 e. The molecule has 0 fully saturated rings. The zero-order chi connectivity index (χ0) is 18.0. The summed E-state index contributed by atoms with van der Waals surface area (Å²) in [5.74, 6) is -0.0738. The van der Waals surface area contributed by atoms with Gasteiger partial charge in [0.05, 0.1) is 0 Å². The Morgan fingerprint density at radius 3 is 1.62 bits per heavy atom. The molecule has 0 atom stereocenters. The van der Waals surface area contributed by atoms with Crippen LogP contribution in [0.5, 0.6) is 0 Å². The van der Waals surface area contributed by atoms with E-state index in [0.717, 1.165) is 0 Å². The summed E-state index contributed by atoms with van der Waals surface area (Å²) < 4.78 is 57.3. The van der Waals surface area contributed by atoms with Gasteiger partial charge >= 0.3 is 6.30 Å². The summed E-state index contributed by atoms with van der Waals surface area (Å²) in [5.41, 5.74) is 2.55. The van der Waals surface area contributed by atoms with Crippen LogP contribution in [0.1, 0.15) is 13.3 Å². The van der Waals surface area contributed by atoms with Crippen LogP contribution in [0.4, 0.5) is 13.2 Å². The van der Waals surface area contributed by atoms with Crippen molar-refractivity contribution in [3.05, 3.63) is 60.7 Å². The first kappa shape index (κ1) is 20.2. The Balaban J connectivity index is 0.000000240. The van der Waals surface area contributed by atoms with Crippen molar-refractivity contribution < 1.29 is 21.6 Å². The molecule has 0 aliphatic heterocycles. The van der Waals surface area contributed by atoms with E-state index in [1.807, 2.05) is 12.1 Å². The third-order valence-corrected chi connectivity index (χ3v) is 5.77. The molecule has 132 valence electrons. The molecule has 0 amide bonds. The molecule has 0 aliphatic rings. The van der Waals surface area contributed by atoms with Gasteiger partial charge in [0.15, 0.2) is 0 Å². The van der Waals surface area contributed by atoms with E-state index in [1.54, 1.807) is 6.92 Å². The van der Waals surface area contributed by atoms with Gasteiger partial charge in [-0.2, -0.15) is 13.2 Å². The first-order valence-electron chi connectivity index (χ1n) is 7.04. The number of alkyl halides is 3. The summed E-state index contributed by atoms with van der Waals surface area (Å²) in [6.07, 6.45) is -4.39. The molecule has 0 spiro atoms. The number of hydrogen-bond acceptors (Lipinski definition) is 4. The van der Waals surface area contributed by atoms with Gasteiger partial charge in [-0.25, -0.2) is 8.42 Å². The van der Waals surface area contributed by atoms with Gasteiger partial charge in [-0.3, -0.25) is 9.25 Å². The van der Waals surface area contributed by atoms with Gasteiger partial charge in [-0.05, 0) is 11.1 Å². The van der Waals surface area contributed by atoms with Crippen molar-refractivity contribution in [1.82, 2.24) is 0 Å². The van der Waals surface area contributed by atoms with Crippen molar-refractivity contribution in [2.45, 2.75) is 19.6 Å². The van der Waals surface area contributed by atoms with Gasteiger partial charge in [-0.1, -0.05) is 74.0 Å². The SMILES string of the molecule is CCC[S-](=NC(F)(F)F)=S(=O)=O.c1ccc(-c2ccccc2)cc1. The van der Waals surface area contributed by atoms with Crippen LogP contribution >= 0.6 is 0 Å². The summed E-state index contributed by atoms with van der Waals surface area (Å²) in [6.45, 7) is 1.60. The van der Waals surface area contributed by atoms with Gasteiger partial charge in [0, 0.05) is 0 Å². The van der Waals surface area contributed by atoms with Crippen LogP contribution in [0.25, 0.3) is 11.1 Å². The summed E-state index contributed by atoms with van der Waals surface area (Å²) >= 11 is 0. The van der Waals surface area contributed by atoms with E-state index in [1.165, 1.54) is 11.1 Å². The molecular weight excluding hydrogens is 359 g/mol. The molecule has 0 radical (unpaired) electrons. The third kappa shape index (κ3) is 8.16. The molecule has 2 aromatic rings. The predicted molar refractivity (Wildman–Crippen MR) is 91.8 cm³/mol. The molecule has 0 aliphatic carbocycles. The Kier molecular flexibility index (Phi) is 8.56. The molecule has 8 heteroatoms. The topological polar surface area (TPSA) is 46.5 Å². The smallest absolute Gasteiger partial charge is 0.326 e. The molecule has 0 N–H and O–H groups in total. The number of nitrogens with zero attached hydrogens (tertiary/aromatic N) is 1. The van der Waals surface area contributed by atoms with E-state index in [2.05, 4.69) is 52.9 Å². The number of halogens is 3. The van der Waals surface area contributed by atoms with E-state index < -0.39 is 24.8 Å². The first-order chi connectivity index (χ1) is 11.3. The van der Waals surface area contributed by atoms with Gasteiger partial charge in [0.25, 0.3) is 0 Å². The lowest BCUT2D eigenvalue weighted by Crippen LogP contribution is -2.03. The van der Waals surface area contributed by atoms with Crippen LogP contribution in [0.2, 0.25) is 0 Å². The fourth-order valence-corrected chi connectivity index (χ4v) is 3.91. The predicted octanol–water partition coefficient (Wildman–Crippen LogP) is 4.87. The van der Waals surface area contributed by atoms with Crippen LogP contribution in [0, 0.1) is 0 Å². The monoisotopic (exact) mass is 376 g/mol. The van der Waals surface area contributed by atoms with Gasteiger partial charge in [0.2, 0.25) is 0 Å². The van der Waals surface area contributed by atoms with Crippen LogP contribution in [0.15, 0.2) is 65.0 Å². The molecule has 0 saturated carbocycles. The van der Waals surface area contributed by atoms with Gasteiger partial charge in [0.1, 0.15) is 9.26 Å². The summed E-state index contributed by atoms with van der Waals surface area (Å²) in [6, 6.07) is 20.8. The lowest BCUT2D eigenvalue weighted by Gasteiger charge is -2.06. The lowest BCUT2D eigenvalue weighted by molar-refractivity contribution is -0.117. The Morgan fingerprint density at radius 1 is 0.917 bits per heavy atom. The highest BCUT2D eigenvalue weighted by atomic mass is 32.8. The maximum atomic E-state index is 11.6. The molecule has 3 nitrogen and oxygen atoms in total. The second kappa shape index (κ2) is 10.1. The summed E-state index contributed by atoms with van der Waals surface area (Å²) in [5, 5.41) is 0. The van der Waals surface area contributed by atoms with E-state index in [-0.39, 0.29) is 5.75 Å². The molecule has 0 heterocycles. The minimum absolute atomic E-state index is 0.0738. The van der Waals surface area contributed by atoms with Crippen LogP contribution in [-0.2, 0) is 18.5 Å². The largest absolute Gasteiger partial charge is 0.478 e. The molecule has 0 bridgehead atoms. The quantitative estimate of drug-likeness (QED) is 0.567. The zero-order valence-electron chi connectivity index (χ0n) is 12.9. The minimum atomic E-state index is -4.75. The van der Waals surface area contributed by atoms with E-state index in [0.29, 0.717) is 6.42 Å². The molecule has 24 heavy (non-hydrogen) atoms. The zero-order valence-corrected chi connectivity index (χ0v) is 14.5. The Morgan fingerprint density at radius 2 is 1.33 bits per heavy atom. The lowest BCUT2D eigenvalue weighted by atomic mass is 10.1. The number of benzene rings is 2. The third-order valence-electron chi connectivity index (χ3n) is 2.62. The highest BCUT2D eigenvalue weighted by molar-refractivity contribution is 8.28. The Hall–Kier alpha value is -1.80. The summed E-state index contributed by atoms with van der Waals surface area (Å²) in [7, 11) is -4.69. The molecular formula is C16H17F3NO2S2-. The van der Waals surface area contributed by atoms with Crippen molar-refractivity contribution in [2.75, 3.05) is 5.75 Å². The molecule has 2 rings (SSSR count). The average Bonchev–Trinajstić information content (AvgIpc) is 2.55. The number of hydrogen-bond donors (Lipinski definition) is 0. The normalized spacial score (nSPS) is 12.2. The Bertz CT molecular complexity index is 766. The molecule has 0 unspecified atom stereocenters. The van der Waals surface area contributed by atoms with Crippen LogP contribution < -0.4 is 0 Å². The fourth-order valence-electron chi connectivity index (χ4n) is 1.70. The van der Waals surface area contributed by atoms with Crippen LogP contribution in [-0.4, -0.2) is 20.5 Å². The average molecular weight is 376 g/mol. The van der Waals surface area contributed by atoms with Crippen molar-refractivity contribution in [1.29, 1.82) is 0 Å². The van der Waals surface area contributed by atoms with Crippen LogP contribution in [0.3, 0.4) is 0 Å². The highest BCUT2D eigenvalue weighted by Crippen LogP contribution is 2.17. The van der Waals surface area contributed by atoms with E-state index in [4.69, 9.17) is 0 Å². The molecule has 0 aromatic heterocycles. The highest BCUT2D eigenvalue weighted by Gasteiger charge is 2.21. The molecule has 2 aromatic carbocycles. The van der Waals surface area contributed by atoms with E-state index in [9.17, 15) is 21.6 Å². The van der Waals surface area contributed by atoms with Gasteiger partial charge in [-0.15, -0.1) is 5.75 Å². The second-order valence-corrected chi connectivity index (χ2v) is 8.13. The molecule has 0 saturated heterocycles.